The van der Waals surface area contributed by atoms with Gasteiger partial charge in [0.25, 0.3) is 0 Å². The van der Waals surface area contributed by atoms with E-state index in [9.17, 15) is 4.79 Å². The molecular formula is C8H10N2O3. The molecule has 0 aliphatic carbocycles. The Morgan fingerprint density at radius 2 is 2.46 bits per heavy atom. The van der Waals surface area contributed by atoms with Crippen LogP contribution in [0.15, 0.2) is 0 Å². The van der Waals surface area contributed by atoms with Gasteiger partial charge in [-0.25, -0.2) is 4.79 Å². The van der Waals surface area contributed by atoms with Crippen molar-refractivity contribution in [3.05, 3.63) is 17.0 Å². The van der Waals surface area contributed by atoms with Crippen molar-refractivity contribution in [1.29, 1.82) is 0 Å². The summed E-state index contributed by atoms with van der Waals surface area (Å²) < 4.78 is 6.59. The van der Waals surface area contributed by atoms with Crippen molar-refractivity contribution in [3.63, 3.8) is 0 Å². The highest BCUT2D eigenvalue weighted by Crippen LogP contribution is 2.19. The Labute approximate surface area is 74.9 Å². The number of hydrogen-bond donors (Lipinski definition) is 1. The van der Waals surface area contributed by atoms with Crippen LogP contribution in [-0.2, 0) is 24.8 Å². The second kappa shape index (κ2) is 2.85. The first-order valence-electron chi connectivity index (χ1n) is 4.06. The van der Waals surface area contributed by atoms with Crippen molar-refractivity contribution in [2.45, 2.75) is 13.0 Å². The average molecular weight is 182 g/mol. The summed E-state index contributed by atoms with van der Waals surface area (Å²) in [5, 5.41) is 13.0. The van der Waals surface area contributed by atoms with Crippen LogP contribution in [-0.4, -0.2) is 27.5 Å². The van der Waals surface area contributed by atoms with Crippen LogP contribution in [0.2, 0.25) is 0 Å². The van der Waals surface area contributed by atoms with Crippen LogP contribution in [0.1, 0.15) is 21.7 Å². The highest BCUT2D eigenvalue weighted by Gasteiger charge is 2.23. The van der Waals surface area contributed by atoms with Gasteiger partial charge in [-0.2, -0.15) is 5.10 Å². The molecule has 1 aliphatic rings. The van der Waals surface area contributed by atoms with Gasteiger partial charge in [0.15, 0.2) is 5.69 Å². The van der Waals surface area contributed by atoms with Crippen LogP contribution in [0.4, 0.5) is 0 Å². The first-order valence-corrected chi connectivity index (χ1v) is 4.06. The fraction of sp³-hybridized carbons (Fsp3) is 0.500. The maximum Gasteiger partial charge on any atom is 0.354 e. The highest BCUT2D eigenvalue weighted by atomic mass is 16.5. The summed E-state index contributed by atoms with van der Waals surface area (Å²) in [5.74, 6) is -0.943. The topological polar surface area (TPSA) is 64.4 Å². The van der Waals surface area contributed by atoms with Gasteiger partial charge in [0.2, 0.25) is 0 Å². The average Bonchev–Trinajstić information content (AvgIpc) is 2.39. The third kappa shape index (κ3) is 1.21. The zero-order valence-corrected chi connectivity index (χ0v) is 7.28. The van der Waals surface area contributed by atoms with E-state index in [0.29, 0.717) is 19.6 Å². The van der Waals surface area contributed by atoms with Gasteiger partial charge in [0, 0.05) is 19.0 Å². The second-order valence-electron chi connectivity index (χ2n) is 3.01. The molecule has 0 spiro atoms. The molecule has 0 bridgehead atoms. The predicted molar refractivity (Wildman–Crippen MR) is 43.5 cm³/mol. The molecule has 13 heavy (non-hydrogen) atoms. The minimum Gasteiger partial charge on any atom is -0.477 e. The van der Waals surface area contributed by atoms with Crippen LogP contribution in [0, 0.1) is 0 Å². The Kier molecular flexibility index (Phi) is 1.81. The van der Waals surface area contributed by atoms with Crippen molar-refractivity contribution in [1.82, 2.24) is 9.78 Å². The zero-order chi connectivity index (χ0) is 9.42. The summed E-state index contributed by atoms with van der Waals surface area (Å²) in [4.78, 5) is 10.8. The molecule has 0 saturated carbocycles. The lowest BCUT2D eigenvalue weighted by molar-refractivity contribution is 0.0672. The molecule has 2 rings (SSSR count). The summed E-state index contributed by atoms with van der Waals surface area (Å²) in [6, 6.07) is 0. The molecule has 1 aliphatic heterocycles. The number of carboxylic acids is 1. The summed E-state index contributed by atoms with van der Waals surface area (Å²) in [6.07, 6.45) is 0.705. The van der Waals surface area contributed by atoms with Crippen molar-refractivity contribution in [2.24, 2.45) is 7.05 Å². The number of nitrogens with zero attached hydrogens (tertiary/aromatic N) is 2. The molecule has 1 N–H and O–H groups in total. The summed E-state index contributed by atoms with van der Waals surface area (Å²) in [6.45, 7) is 0.994. The monoisotopic (exact) mass is 182 g/mol. The smallest absolute Gasteiger partial charge is 0.354 e. The molecule has 0 atom stereocenters. The zero-order valence-electron chi connectivity index (χ0n) is 7.28. The molecule has 0 radical (unpaired) electrons. The Morgan fingerprint density at radius 1 is 1.69 bits per heavy atom. The molecule has 1 aromatic rings. The number of aryl methyl sites for hydroxylation is 1. The lowest BCUT2D eigenvalue weighted by Crippen LogP contribution is -2.12. The molecule has 5 nitrogen and oxygen atoms in total. The number of carbonyl (C=O) groups is 1. The molecule has 0 unspecified atom stereocenters. The molecule has 0 saturated heterocycles. The Bertz CT molecular complexity index is 357. The lowest BCUT2D eigenvalue weighted by atomic mass is 10.1. The lowest BCUT2D eigenvalue weighted by Gasteiger charge is -2.10. The second-order valence-corrected chi connectivity index (χ2v) is 3.01. The fourth-order valence-corrected chi connectivity index (χ4v) is 1.59. The molecule has 0 amide bonds. The van der Waals surface area contributed by atoms with E-state index < -0.39 is 5.97 Å². The Morgan fingerprint density at radius 3 is 3.15 bits per heavy atom. The van der Waals surface area contributed by atoms with Gasteiger partial charge in [-0.15, -0.1) is 0 Å². The normalized spacial score (nSPS) is 15.5. The number of carboxylic acid groups (broad SMARTS) is 1. The fourth-order valence-electron chi connectivity index (χ4n) is 1.59. The van der Waals surface area contributed by atoms with Crippen LogP contribution in [0.3, 0.4) is 0 Å². The number of ether oxygens (including phenoxy) is 1. The first-order chi connectivity index (χ1) is 6.20. The largest absolute Gasteiger partial charge is 0.477 e. The van der Waals surface area contributed by atoms with E-state index in [1.54, 1.807) is 7.05 Å². The van der Waals surface area contributed by atoms with Gasteiger partial charge >= 0.3 is 5.97 Å². The molecule has 2 heterocycles. The van der Waals surface area contributed by atoms with Gasteiger partial charge in [0.05, 0.1) is 18.9 Å². The SMILES string of the molecule is Cn1nc2c(c1C(=O)O)COCC2. The van der Waals surface area contributed by atoms with E-state index in [1.165, 1.54) is 4.68 Å². The van der Waals surface area contributed by atoms with E-state index in [4.69, 9.17) is 9.84 Å². The van der Waals surface area contributed by atoms with E-state index in [2.05, 4.69) is 5.10 Å². The number of fused-ring (bicyclic) bond motifs is 1. The number of rotatable bonds is 1. The minimum absolute atomic E-state index is 0.245. The Hall–Kier alpha value is -1.36. The minimum atomic E-state index is -0.943. The van der Waals surface area contributed by atoms with Gasteiger partial charge < -0.3 is 9.84 Å². The standard InChI is InChI=1S/C8H10N2O3/c1-10-7(8(11)12)5-4-13-3-2-6(5)9-10/h2-4H2,1H3,(H,11,12). The van der Waals surface area contributed by atoms with E-state index >= 15 is 0 Å². The molecule has 0 fully saturated rings. The van der Waals surface area contributed by atoms with Crippen molar-refractivity contribution in [3.8, 4) is 0 Å². The Balaban J connectivity index is 2.54. The predicted octanol–water partition coefficient (Wildman–Crippen LogP) is 0.191. The summed E-state index contributed by atoms with van der Waals surface area (Å²) >= 11 is 0. The van der Waals surface area contributed by atoms with Gasteiger partial charge in [0.1, 0.15) is 0 Å². The molecule has 70 valence electrons. The molecular weight excluding hydrogens is 172 g/mol. The number of aromatic nitrogens is 2. The summed E-state index contributed by atoms with van der Waals surface area (Å²) in [7, 11) is 1.64. The maximum atomic E-state index is 10.8. The van der Waals surface area contributed by atoms with Gasteiger partial charge in [-0.05, 0) is 0 Å². The number of hydrogen-bond acceptors (Lipinski definition) is 3. The van der Waals surface area contributed by atoms with Crippen LogP contribution < -0.4 is 0 Å². The van der Waals surface area contributed by atoms with E-state index in [0.717, 1.165) is 11.3 Å². The van der Waals surface area contributed by atoms with Crippen LogP contribution in [0.25, 0.3) is 0 Å². The first kappa shape index (κ1) is 8.25. The van der Waals surface area contributed by atoms with Crippen LogP contribution >= 0.6 is 0 Å². The van der Waals surface area contributed by atoms with E-state index in [1.807, 2.05) is 0 Å². The van der Waals surface area contributed by atoms with Crippen molar-refractivity contribution < 1.29 is 14.6 Å². The van der Waals surface area contributed by atoms with Crippen LogP contribution in [0.5, 0.6) is 0 Å². The number of aromatic carboxylic acids is 1. The maximum absolute atomic E-state index is 10.8. The third-order valence-electron chi connectivity index (χ3n) is 2.16. The third-order valence-corrected chi connectivity index (χ3v) is 2.16. The summed E-state index contributed by atoms with van der Waals surface area (Å²) in [5.41, 5.74) is 1.82. The van der Waals surface area contributed by atoms with Gasteiger partial charge in [-0.3, -0.25) is 4.68 Å². The highest BCUT2D eigenvalue weighted by molar-refractivity contribution is 5.87. The van der Waals surface area contributed by atoms with E-state index in [-0.39, 0.29) is 5.69 Å². The molecule has 5 heteroatoms. The molecule has 0 aromatic carbocycles. The van der Waals surface area contributed by atoms with Crippen molar-refractivity contribution >= 4 is 5.97 Å². The van der Waals surface area contributed by atoms with Crippen molar-refractivity contribution in [2.75, 3.05) is 6.61 Å². The van der Waals surface area contributed by atoms with Gasteiger partial charge in [-0.1, -0.05) is 0 Å². The quantitative estimate of drug-likeness (QED) is 0.673. The molecule has 1 aromatic heterocycles.